The third-order valence-corrected chi connectivity index (χ3v) is 7.49. The third kappa shape index (κ3) is 4.75. The summed E-state index contributed by atoms with van der Waals surface area (Å²) < 4.78 is 28.5. The average Bonchev–Trinajstić information content (AvgIpc) is 3.00. The van der Waals surface area contributed by atoms with Gasteiger partial charge in [-0.3, -0.25) is 0 Å². The highest BCUT2D eigenvalue weighted by atomic mass is 79.9. The Hall–Kier alpha value is 0.0400. The molecule has 116 valence electrons. The van der Waals surface area contributed by atoms with Gasteiger partial charge < -0.3 is 5.32 Å². The Kier molecular flexibility index (Phi) is 6.25. The second kappa shape index (κ2) is 7.54. The van der Waals surface area contributed by atoms with Crippen LogP contribution in [-0.4, -0.2) is 15.0 Å². The van der Waals surface area contributed by atoms with Crippen LogP contribution in [-0.2, 0) is 23.1 Å². The van der Waals surface area contributed by atoms with Crippen LogP contribution >= 0.6 is 50.2 Å². The van der Waals surface area contributed by atoms with Crippen molar-refractivity contribution in [1.82, 2.24) is 10.0 Å². The molecule has 4 nitrogen and oxygen atoms in total. The van der Waals surface area contributed by atoms with E-state index in [1.165, 1.54) is 22.7 Å². The second-order valence-corrected chi connectivity index (χ2v) is 10.2. The molecule has 0 spiro atoms. The third-order valence-electron chi connectivity index (χ3n) is 2.61. The molecule has 0 aliphatic carbocycles. The molecule has 0 amide bonds. The molecule has 0 unspecified atom stereocenters. The largest absolute Gasteiger partial charge is 0.312 e. The summed E-state index contributed by atoms with van der Waals surface area (Å²) in [6.07, 6.45) is 0. The van der Waals surface area contributed by atoms with E-state index in [2.05, 4.69) is 26.0 Å². The van der Waals surface area contributed by atoms with Crippen molar-refractivity contribution >= 4 is 60.2 Å². The lowest BCUT2D eigenvalue weighted by Gasteiger charge is -2.04. The van der Waals surface area contributed by atoms with Crippen LogP contribution in [0.25, 0.3) is 0 Å². The van der Waals surface area contributed by atoms with E-state index in [9.17, 15) is 8.42 Å². The minimum atomic E-state index is -3.53. The summed E-state index contributed by atoms with van der Waals surface area (Å²) in [5, 5.41) is 3.18. The van der Waals surface area contributed by atoms with Crippen LogP contribution in [0.15, 0.2) is 26.9 Å². The van der Waals surface area contributed by atoms with E-state index in [0.717, 1.165) is 16.3 Å². The molecule has 0 radical (unpaired) electrons. The van der Waals surface area contributed by atoms with Crippen LogP contribution in [0.4, 0.5) is 0 Å². The van der Waals surface area contributed by atoms with Gasteiger partial charge in [0.25, 0.3) is 0 Å². The molecule has 2 aromatic rings. The first-order valence-corrected chi connectivity index (χ1v) is 10.4. The van der Waals surface area contributed by atoms with Gasteiger partial charge in [-0.2, -0.15) is 0 Å². The van der Waals surface area contributed by atoms with Crippen molar-refractivity contribution in [3.63, 3.8) is 0 Å². The molecule has 0 aromatic carbocycles. The van der Waals surface area contributed by atoms with Gasteiger partial charge in [-0.05, 0) is 40.7 Å². The summed E-state index contributed by atoms with van der Waals surface area (Å²) in [6.45, 7) is 3.75. The fourth-order valence-corrected chi connectivity index (χ4v) is 6.38. The van der Waals surface area contributed by atoms with E-state index in [1.807, 2.05) is 13.0 Å². The van der Waals surface area contributed by atoms with Crippen molar-refractivity contribution < 1.29 is 8.42 Å². The van der Waals surface area contributed by atoms with E-state index >= 15 is 0 Å². The molecule has 0 bridgehead atoms. The molecule has 0 saturated heterocycles. The quantitative estimate of drug-likeness (QED) is 0.703. The molecule has 2 heterocycles. The fraction of sp³-hybridized carbons (Fsp3) is 0.333. The van der Waals surface area contributed by atoms with Crippen LogP contribution in [0.1, 0.15) is 16.7 Å². The molecule has 21 heavy (non-hydrogen) atoms. The predicted molar refractivity (Wildman–Crippen MR) is 92.8 cm³/mol. The molecular weight excluding hydrogens is 416 g/mol. The normalized spacial score (nSPS) is 12.0. The van der Waals surface area contributed by atoms with Crippen LogP contribution in [0.2, 0.25) is 4.34 Å². The Morgan fingerprint density at radius 3 is 2.62 bits per heavy atom. The average molecular weight is 430 g/mol. The zero-order chi connectivity index (χ0) is 15.5. The number of nitrogens with one attached hydrogen (secondary N) is 2. The smallest absolute Gasteiger partial charge is 0.242 e. The molecule has 0 saturated carbocycles. The number of rotatable bonds is 7. The van der Waals surface area contributed by atoms with Crippen molar-refractivity contribution in [3.05, 3.63) is 36.1 Å². The van der Waals surface area contributed by atoms with Crippen LogP contribution < -0.4 is 10.0 Å². The van der Waals surface area contributed by atoms with Gasteiger partial charge in [0.2, 0.25) is 10.0 Å². The van der Waals surface area contributed by atoms with Gasteiger partial charge in [-0.15, -0.1) is 22.7 Å². The maximum atomic E-state index is 12.3. The van der Waals surface area contributed by atoms with E-state index in [4.69, 9.17) is 11.6 Å². The van der Waals surface area contributed by atoms with Gasteiger partial charge in [-0.25, -0.2) is 13.1 Å². The summed E-state index contributed by atoms with van der Waals surface area (Å²) in [5.74, 6) is 0. The summed E-state index contributed by atoms with van der Waals surface area (Å²) >= 11 is 11.9. The molecule has 0 fully saturated rings. The Morgan fingerprint density at radius 1 is 1.24 bits per heavy atom. The molecule has 0 aliphatic rings. The van der Waals surface area contributed by atoms with Gasteiger partial charge in [0.05, 0.1) is 8.12 Å². The van der Waals surface area contributed by atoms with Crippen molar-refractivity contribution in [3.8, 4) is 0 Å². The van der Waals surface area contributed by atoms with Crippen LogP contribution in [0.3, 0.4) is 0 Å². The van der Waals surface area contributed by atoms with E-state index < -0.39 is 10.0 Å². The van der Waals surface area contributed by atoms with Gasteiger partial charge in [0.1, 0.15) is 4.90 Å². The lowest BCUT2D eigenvalue weighted by atomic mass is 10.4. The minimum absolute atomic E-state index is 0.241. The first-order valence-electron chi connectivity index (χ1n) is 6.15. The van der Waals surface area contributed by atoms with Gasteiger partial charge in [-0.1, -0.05) is 18.5 Å². The molecule has 0 aliphatic heterocycles. The predicted octanol–water partition coefficient (Wildman–Crippen LogP) is 3.81. The highest BCUT2D eigenvalue weighted by Gasteiger charge is 2.20. The molecule has 0 atom stereocenters. The fourth-order valence-electron chi connectivity index (χ4n) is 1.61. The molecule has 2 N–H and O–H groups in total. The number of hydrogen-bond acceptors (Lipinski definition) is 5. The summed E-state index contributed by atoms with van der Waals surface area (Å²) in [6, 6.07) is 5.26. The van der Waals surface area contributed by atoms with Gasteiger partial charge in [0, 0.05) is 22.8 Å². The van der Waals surface area contributed by atoms with E-state index in [-0.39, 0.29) is 11.4 Å². The lowest BCUT2D eigenvalue weighted by Crippen LogP contribution is -2.22. The standard InChI is InChI=1S/C12H14BrClN2O2S3/c1-2-15-6-9-5-10(12(13)20-9)21(17,18)16-7-8-3-4-11(14)19-8/h3-5,15-16H,2,6-7H2,1H3. The van der Waals surface area contributed by atoms with Crippen LogP contribution in [0, 0.1) is 0 Å². The first kappa shape index (κ1) is 17.4. The first-order chi connectivity index (χ1) is 9.92. The Balaban J connectivity index is 2.09. The highest BCUT2D eigenvalue weighted by Crippen LogP contribution is 2.32. The SMILES string of the molecule is CCNCc1cc(S(=O)(=O)NCc2ccc(Cl)s2)c(Br)s1. The van der Waals surface area contributed by atoms with Gasteiger partial charge >= 0.3 is 0 Å². The number of sulfonamides is 1. The summed E-state index contributed by atoms with van der Waals surface area (Å²) in [4.78, 5) is 2.13. The highest BCUT2D eigenvalue weighted by molar-refractivity contribution is 9.11. The lowest BCUT2D eigenvalue weighted by molar-refractivity contribution is 0.581. The van der Waals surface area contributed by atoms with E-state index in [1.54, 1.807) is 12.1 Å². The zero-order valence-electron chi connectivity index (χ0n) is 11.2. The Morgan fingerprint density at radius 2 is 2.00 bits per heavy atom. The van der Waals surface area contributed by atoms with Crippen molar-refractivity contribution in [1.29, 1.82) is 0 Å². The molecular formula is C12H14BrClN2O2S3. The maximum Gasteiger partial charge on any atom is 0.242 e. The number of halogens is 2. The maximum absolute atomic E-state index is 12.3. The number of thiophene rings is 2. The van der Waals surface area contributed by atoms with E-state index in [0.29, 0.717) is 14.7 Å². The Bertz CT molecular complexity index is 712. The number of hydrogen-bond donors (Lipinski definition) is 2. The second-order valence-electron chi connectivity index (χ2n) is 4.16. The minimum Gasteiger partial charge on any atom is -0.312 e. The topological polar surface area (TPSA) is 58.2 Å². The summed E-state index contributed by atoms with van der Waals surface area (Å²) in [5.41, 5.74) is 0. The summed E-state index contributed by atoms with van der Waals surface area (Å²) in [7, 11) is -3.53. The van der Waals surface area contributed by atoms with Crippen LogP contribution in [0.5, 0.6) is 0 Å². The monoisotopic (exact) mass is 428 g/mol. The Labute approximate surface area is 145 Å². The molecule has 2 rings (SSSR count). The zero-order valence-corrected chi connectivity index (χ0v) is 15.9. The van der Waals surface area contributed by atoms with Crippen molar-refractivity contribution in [2.45, 2.75) is 24.9 Å². The molecule has 9 heteroatoms. The molecule has 2 aromatic heterocycles. The van der Waals surface area contributed by atoms with Gasteiger partial charge in [0.15, 0.2) is 0 Å². The van der Waals surface area contributed by atoms with Crippen molar-refractivity contribution in [2.24, 2.45) is 0 Å². The van der Waals surface area contributed by atoms with Crippen molar-refractivity contribution in [2.75, 3.05) is 6.54 Å².